The van der Waals surface area contributed by atoms with Crippen molar-refractivity contribution in [3.05, 3.63) is 47.3 Å². The molecule has 0 fully saturated rings. The topological polar surface area (TPSA) is 47.3 Å². The summed E-state index contributed by atoms with van der Waals surface area (Å²) in [6.45, 7) is 1.96. The smallest absolute Gasteiger partial charge is 0.130 e. The van der Waals surface area contributed by atoms with Gasteiger partial charge in [0.25, 0.3) is 0 Å². The second-order valence-corrected chi connectivity index (χ2v) is 4.74. The molecule has 0 amide bonds. The Morgan fingerprint density at radius 2 is 2.11 bits per heavy atom. The van der Waals surface area contributed by atoms with E-state index < -0.39 is 6.10 Å². The van der Waals surface area contributed by atoms with Crippen LogP contribution in [0.1, 0.15) is 35.4 Å². The Labute approximate surface area is 106 Å². The molecule has 1 N–H and O–H groups in total. The monoisotopic (exact) mass is 244 g/mol. The second-order valence-electron chi connectivity index (χ2n) is 4.74. The van der Waals surface area contributed by atoms with E-state index in [2.05, 4.69) is 5.10 Å². The molecule has 1 aromatic carbocycles. The maximum atomic E-state index is 10.2. The number of nitrogens with zero attached hydrogens (tertiary/aromatic N) is 2. The number of rotatable bonds is 1. The zero-order chi connectivity index (χ0) is 12.7. The Kier molecular flexibility index (Phi) is 2.59. The average molecular weight is 244 g/mol. The third kappa shape index (κ3) is 1.78. The summed E-state index contributed by atoms with van der Waals surface area (Å²) in [5.41, 5.74) is 2.87. The summed E-state index contributed by atoms with van der Waals surface area (Å²) < 4.78 is 7.75. The lowest BCUT2D eigenvalue weighted by Gasteiger charge is -2.29. The lowest BCUT2D eigenvalue weighted by atomic mass is 9.95. The summed E-state index contributed by atoms with van der Waals surface area (Å²) in [7, 11) is 1.89. The number of para-hydroxylation sites is 1. The van der Waals surface area contributed by atoms with Crippen LogP contribution >= 0.6 is 0 Å². The molecular weight excluding hydrogens is 228 g/mol. The van der Waals surface area contributed by atoms with E-state index in [9.17, 15) is 5.11 Å². The van der Waals surface area contributed by atoms with Crippen LogP contribution in [0, 0.1) is 6.92 Å². The van der Waals surface area contributed by atoms with Crippen molar-refractivity contribution in [1.29, 1.82) is 0 Å². The van der Waals surface area contributed by atoms with Gasteiger partial charge in [-0.15, -0.1) is 0 Å². The summed E-state index contributed by atoms with van der Waals surface area (Å²) in [5.74, 6) is 0.768. The first-order chi connectivity index (χ1) is 8.65. The fourth-order valence-electron chi connectivity index (χ4n) is 2.52. The molecule has 1 aliphatic rings. The van der Waals surface area contributed by atoms with Crippen molar-refractivity contribution in [3.63, 3.8) is 0 Å². The lowest BCUT2D eigenvalue weighted by molar-refractivity contribution is 0.0654. The fourth-order valence-corrected chi connectivity index (χ4v) is 2.52. The highest BCUT2D eigenvalue weighted by Gasteiger charge is 2.29. The van der Waals surface area contributed by atoms with Gasteiger partial charge in [0.05, 0.1) is 11.8 Å². The molecule has 0 saturated carbocycles. The zero-order valence-electron chi connectivity index (χ0n) is 10.5. The molecule has 0 spiro atoms. The number of fused-ring (bicyclic) bond motifs is 1. The highest BCUT2D eigenvalue weighted by molar-refractivity contribution is 5.38. The van der Waals surface area contributed by atoms with Crippen molar-refractivity contribution >= 4 is 0 Å². The van der Waals surface area contributed by atoms with E-state index in [1.54, 1.807) is 4.68 Å². The van der Waals surface area contributed by atoms with E-state index in [0.717, 1.165) is 22.6 Å². The molecular formula is C14H16N2O2. The predicted molar refractivity (Wildman–Crippen MR) is 67.3 cm³/mol. The number of hydrogen-bond donors (Lipinski definition) is 1. The van der Waals surface area contributed by atoms with E-state index >= 15 is 0 Å². The maximum absolute atomic E-state index is 10.2. The predicted octanol–water partition coefficient (Wildman–Crippen LogP) is 2.29. The number of aliphatic hydroxyl groups is 1. The third-order valence-electron chi connectivity index (χ3n) is 3.38. The van der Waals surface area contributed by atoms with Crippen LogP contribution in [0.5, 0.6) is 5.75 Å². The molecule has 1 aromatic heterocycles. The Morgan fingerprint density at radius 1 is 1.33 bits per heavy atom. The molecule has 4 nitrogen and oxygen atoms in total. The molecule has 2 heterocycles. The molecule has 0 radical (unpaired) electrons. The van der Waals surface area contributed by atoms with Gasteiger partial charge in [0.2, 0.25) is 0 Å². The average Bonchev–Trinajstić information content (AvgIpc) is 2.68. The van der Waals surface area contributed by atoms with Crippen molar-refractivity contribution in [2.45, 2.75) is 25.6 Å². The molecule has 1 unspecified atom stereocenters. The van der Waals surface area contributed by atoms with Crippen LogP contribution in [0.3, 0.4) is 0 Å². The fraction of sp³-hybridized carbons (Fsp3) is 0.357. The SMILES string of the molecule is Cc1nn(C)cc1C1C[C@H](O)c2ccccc2O1. The number of aliphatic hydroxyl groups excluding tert-OH is 1. The van der Waals surface area contributed by atoms with Gasteiger partial charge in [-0.1, -0.05) is 18.2 Å². The van der Waals surface area contributed by atoms with Crippen LogP contribution in [-0.4, -0.2) is 14.9 Å². The van der Waals surface area contributed by atoms with Crippen molar-refractivity contribution in [1.82, 2.24) is 9.78 Å². The van der Waals surface area contributed by atoms with Crippen LogP contribution < -0.4 is 4.74 Å². The quantitative estimate of drug-likeness (QED) is 0.837. The molecule has 94 valence electrons. The maximum Gasteiger partial charge on any atom is 0.130 e. The molecule has 1 aliphatic heterocycles. The normalized spacial score (nSPS) is 22.4. The Hall–Kier alpha value is -1.81. The van der Waals surface area contributed by atoms with Crippen LogP contribution in [0.2, 0.25) is 0 Å². The van der Waals surface area contributed by atoms with Crippen molar-refractivity contribution in [2.24, 2.45) is 7.05 Å². The van der Waals surface area contributed by atoms with E-state index in [-0.39, 0.29) is 6.10 Å². The Balaban J connectivity index is 1.97. The molecule has 4 heteroatoms. The van der Waals surface area contributed by atoms with Gasteiger partial charge >= 0.3 is 0 Å². The number of ether oxygens (including phenoxy) is 1. The van der Waals surface area contributed by atoms with E-state index in [0.29, 0.717) is 6.42 Å². The minimum absolute atomic E-state index is 0.122. The van der Waals surface area contributed by atoms with Gasteiger partial charge in [-0.3, -0.25) is 4.68 Å². The summed E-state index contributed by atoms with van der Waals surface area (Å²) in [6.07, 6.45) is 1.94. The van der Waals surface area contributed by atoms with Crippen LogP contribution in [0.4, 0.5) is 0 Å². The van der Waals surface area contributed by atoms with Gasteiger partial charge in [0.1, 0.15) is 11.9 Å². The van der Waals surface area contributed by atoms with Crippen LogP contribution in [0.15, 0.2) is 30.5 Å². The highest BCUT2D eigenvalue weighted by Crippen LogP contribution is 2.40. The lowest BCUT2D eigenvalue weighted by Crippen LogP contribution is -2.19. The van der Waals surface area contributed by atoms with Gasteiger partial charge in [-0.25, -0.2) is 0 Å². The van der Waals surface area contributed by atoms with Gasteiger partial charge in [-0.05, 0) is 13.0 Å². The van der Waals surface area contributed by atoms with Gasteiger partial charge in [0.15, 0.2) is 0 Å². The zero-order valence-corrected chi connectivity index (χ0v) is 10.5. The third-order valence-corrected chi connectivity index (χ3v) is 3.38. The van der Waals surface area contributed by atoms with Gasteiger partial charge < -0.3 is 9.84 Å². The summed E-state index contributed by atoms with van der Waals surface area (Å²) in [5, 5.41) is 14.5. The molecule has 3 rings (SSSR count). The highest BCUT2D eigenvalue weighted by atomic mass is 16.5. The largest absolute Gasteiger partial charge is 0.485 e. The Morgan fingerprint density at radius 3 is 2.83 bits per heavy atom. The number of aromatic nitrogens is 2. The summed E-state index contributed by atoms with van der Waals surface area (Å²) >= 11 is 0. The van der Waals surface area contributed by atoms with E-state index in [4.69, 9.17) is 4.74 Å². The number of hydrogen-bond acceptors (Lipinski definition) is 3. The standard InChI is InChI=1S/C14H16N2O2/c1-9-11(8-16(2)15-9)14-7-12(17)10-5-3-4-6-13(10)18-14/h3-6,8,12,14,17H,7H2,1-2H3/t12-,14?/m0/s1. The molecule has 2 atom stereocenters. The minimum atomic E-state index is -0.473. The number of aryl methyl sites for hydroxylation is 2. The summed E-state index contributed by atoms with van der Waals surface area (Å²) in [6, 6.07) is 7.65. The first kappa shape index (κ1) is 11.3. The summed E-state index contributed by atoms with van der Waals surface area (Å²) in [4.78, 5) is 0. The first-order valence-corrected chi connectivity index (χ1v) is 6.09. The Bertz CT molecular complexity index is 577. The second kappa shape index (κ2) is 4.14. The van der Waals surface area contributed by atoms with E-state index in [1.807, 2.05) is 44.4 Å². The number of benzene rings is 1. The molecule has 18 heavy (non-hydrogen) atoms. The molecule has 0 saturated heterocycles. The van der Waals surface area contributed by atoms with Crippen molar-refractivity contribution < 1.29 is 9.84 Å². The van der Waals surface area contributed by atoms with E-state index in [1.165, 1.54) is 0 Å². The van der Waals surface area contributed by atoms with Crippen molar-refractivity contribution in [3.8, 4) is 5.75 Å². The molecule has 0 bridgehead atoms. The first-order valence-electron chi connectivity index (χ1n) is 6.09. The molecule has 2 aromatic rings. The molecule has 0 aliphatic carbocycles. The minimum Gasteiger partial charge on any atom is -0.485 e. The van der Waals surface area contributed by atoms with Crippen molar-refractivity contribution in [2.75, 3.05) is 0 Å². The van der Waals surface area contributed by atoms with Crippen LogP contribution in [-0.2, 0) is 7.05 Å². The van der Waals surface area contributed by atoms with Crippen LogP contribution in [0.25, 0.3) is 0 Å². The van der Waals surface area contributed by atoms with Gasteiger partial charge in [0, 0.05) is 30.8 Å². The van der Waals surface area contributed by atoms with Gasteiger partial charge in [-0.2, -0.15) is 5.10 Å².